The van der Waals surface area contributed by atoms with Crippen LogP contribution in [-0.2, 0) is 9.53 Å². The third-order valence-electron chi connectivity index (χ3n) is 4.88. The summed E-state index contributed by atoms with van der Waals surface area (Å²) in [5, 5.41) is 0. The van der Waals surface area contributed by atoms with Crippen LogP contribution in [-0.4, -0.2) is 13.1 Å². The topological polar surface area (TPSA) is 26.3 Å². The summed E-state index contributed by atoms with van der Waals surface area (Å²) >= 11 is 0. The SMILES string of the molecule is COC(=O)[C@H]1[C@H]2CC[C@H](C2)C[C@H]1c1ccc(F)cc1. The molecule has 19 heavy (non-hydrogen) atoms. The van der Waals surface area contributed by atoms with Crippen molar-refractivity contribution in [3.8, 4) is 0 Å². The van der Waals surface area contributed by atoms with Crippen molar-refractivity contribution >= 4 is 5.97 Å². The summed E-state index contributed by atoms with van der Waals surface area (Å²) in [5.41, 5.74) is 1.08. The first kappa shape index (κ1) is 12.6. The van der Waals surface area contributed by atoms with Gasteiger partial charge in [0.15, 0.2) is 0 Å². The maximum absolute atomic E-state index is 13.0. The molecule has 1 aromatic carbocycles. The highest BCUT2D eigenvalue weighted by molar-refractivity contribution is 5.74. The molecular weight excluding hydrogens is 243 g/mol. The van der Waals surface area contributed by atoms with Gasteiger partial charge in [-0.1, -0.05) is 18.6 Å². The van der Waals surface area contributed by atoms with Gasteiger partial charge in [0.1, 0.15) is 5.82 Å². The molecule has 2 aliphatic rings. The van der Waals surface area contributed by atoms with E-state index in [1.807, 2.05) is 12.1 Å². The van der Waals surface area contributed by atoms with Gasteiger partial charge in [0.25, 0.3) is 0 Å². The molecule has 2 fully saturated rings. The van der Waals surface area contributed by atoms with Crippen molar-refractivity contribution in [2.45, 2.75) is 31.6 Å². The molecule has 4 atom stereocenters. The summed E-state index contributed by atoms with van der Waals surface area (Å²) in [6.45, 7) is 0. The van der Waals surface area contributed by atoms with Crippen molar-refractivity contribution in [2.24, 2.45) is 17.8 Å². The number of carbonyl (C=O) groups is 1. The van der Waals surface area contributed by atoms with Gasteiger partial charge in [0, 0.05) is 0 Å². The summed E-state index contributed by atoms with van der Waals surface area (Å²) < 4.78 is 18.1. The van der Waals surface area contributed by atoms with Crippen LogP contribution in [0.25, 0.3) is 0 Å². The molecule has 0 unspecified atom stereocenters. The predicted octanol–water partition coefficient (Wildman–Crippen LogP) is 3.52. The van der Waals surface area contributed by atoms with Gasteiger partial charge in [0.05, 0.1) is 13.0 Å². The molecule has 2 nitrogen and oxygen atoms in total. The lowest BCUT2D eigenvalue weighted by molar-refractivity contribution is -0.149. The maximum Gasteiger partial charge on any atom is 0.309 e. The van der Waals surface area contributed by atoms with Crippen molar-refractivity contribution < 1.29 is 13.9 Å². The van der Waals surface area contributed by atoms with E-state index in [9.17, 15) is 9.18 Å². The summed E-state index contributed by atoms with van der Waals surface area (Å²) in [7, 11) is 1.46. The zero-order valence-corrected chi connectivity index (χ0v) is 11.1. The second kappa shape index (κ2) is 4.95. The Balaban J connectivity index is 1.92. The van der Waals surface area contributed by atoms with Crippen LogP contribution < -0.4 is 0 Å². The summed E-state index contributed by atoms with van der Waals surface area (Å²) in [4.78, 5) is 12.1. The van der Waals surface area contributed by atoms with E-state index in [0.29, 0.717) is 5.92 Å². The predicted molar refractivity (Wildman–Crippen MR) is 70.1 cm³/mol. The van der Waals surface area contributed by atoms with Crippen LogP contribution in [0, 0.1) is 23.6 Å². The van der Waals surface area contributed by atoms with Crippen LogP contribution in [0.5, 0.6) is 0 Å². The number of hydrogen-bond acceptors (Lipinski definition) is 2. The van der Waals surface area contributed by atoms with Crippen LogP contribution in [0.1, 0.15) is 37.2 Å². The molecular formula is C16H19FO2. The first-order chi connectivity index (χ1) is 9.19. The zero-order chi connectivity index (χ0) is 13.4. The fourth-order valence-corrected chi connectivity index (χ4v) is 4.03. The molecule has 0 aromatic heterocycles. The molecule has 3 rings (SSSR count). The molecule has 0 radical (unpaired) electrons. The Labute approximate surface area is 113 Å². The number of ether oxygens (including phenoxy) is 1. The third-order valence-corrected chi connectivity index (χ3v) is 4.88. The Morgan fingerprint density at radius 1 is 1.21 bits per heavy atom. The zero-order valence-electron chi connectivity index (χ0n) is 11.1. The van der Waals surface area contributed by atoms with Crippen LogP contribution in [0.3, 0.4) is 0 Å². The molecule has 102 valence electrons. The van der Waals surface area contributed by atoms with Gasteiger partial charge in [-0.2, -0.15) is 0 Å². The smallest absolute Gasteiger partial charge is 0.309 e. The highest BCUT2D eigenvalue weighted by Gasteiger charge is 2.46. The monoisotopic (exact) mass is 262 g/mol. The fourth-order valence-electron chi connectivity index (χ4n) is 4.03. The largest absolute Gasteiger partial charge is 0.469 e. The lowest BCUT2D eigenvalue weighted by Gasteiger charge is -2.35. The molecule has 2 aliphatic carbocycles. The quantitative estimate of drug-likeness (QED) is 0.762. The second-order valence-electron chi connectivity index (χ2n) is 5.88. The molecule has 0 spiro atoms. The molecule has 2 saturated carbocycles. The number of fused-ring (bicyclic) bond motifs is 2. The fraction of sp³-hybridized carbons (Fsp3) is 0.562. The standard InChI is InChI=1S/C16H19FO2/c1-19-16(18)15-12-3-2-10(8-12)9-14(15)11-4-6-13(17)7-5-11/h4-7,10,12,14-15H,2-3,8-9H2,1H3/t10-,12+,14+,15+/m1/s1. The van der Waals surface area contributed by atoms with Crippen LogP contribution in [0.4, 0.5) is 4.39 Å². The maximum atomic E-state index is 13.0. The molecule has 1 aromatic rings. The van der Waals surface area contributed by atoms with E-state index in [1.165, 1.54) is 25.7 Å². The minimum Gasteiger partial charge on any atom is -0.469 e. The third kappa shape index (κ3) is 2.26. The van der Waals surface area contributed by atoms with Crippen LogP contribution in [0.15, 0.2) is 24.3 Å². The number of esters is 1. The van der Waals surface area contributed by atoms with E-state index < -0.39 is 0 Å². The van der Waals surface area contributed by atoms with Crippen molar-refractivity contribution in [3.05, 3.63) is 35.6 Å². The van der Waals surface area contributed by atoms with E-state index in [-0.39, 0.29) is 23.6 Å². The average Bonchev–Trinajstić information content (AvgIpc) is 2.80. The van der Waals surface area contributed by atoms with Crippen molar-refractivity contribution in [1.29, 1.82) is 0 Å². The first-order valence-electron chi connectivity index (χ1n) is 7.02. The lowest BCUT2D eigenvalue weighted by Crippen LogP contribution is -2.33. The van der Waals surface area contributed by atoms with Crippen molar-refractivity contribution in [3.63, 3.8) is 0 Å². The molecule has 0 saturated heterocycles. The van der Waals surface area contributed by atoms with Gasteiger partial charge in [0.2, 0.25) is 0 Å². The minimum absolute atomic E-state index is 0.0470. The van der Waals surface area contributed by atoms with E-state index in [4.69, 9.17) is 4.74 Å². The number of carbonyl (C=O) groups excluding carboxylic acids is 1. The summed E-state index contributed by atoms with van der Waals surface area (Å²) in [6.07, 6.45) is 4.53. The van der Waals surface area contributed by atoms with E-state index >= 15 is 0 Å². The number of benzene rings is 1. The Hall–Kier alpha value is -1.38. The Morgan fingerprint density at radius 3 is 2.63 bits per heavy atom. The Bertz CT molecular complexity index is 468. The number of methoxy groups -OCH3 is 1. The van der Waals surface area contributed by atoms with Gasteiger partial charge in [-0.25, -0.2) is 4.39 Å². The highest BCUT2D eigenvalue weighted by Crippen LogP contribution is 2.52. The van der Waals surface area contributed by atoms with Gasteiger partial charge in [-0.3, -0.25) is 4.79 Å². The van der Waals surface area contributed by atoms with Gasteiger partial charge in [-0.15, -0.1) is 0 Å². The van der Waals surface area contributed by atoms with E-state index in [0.717, 1.165) is 30.7 Å². The van der Waals surface area contributed by atoms with Gasteiger partial charge < -0.3 is 4.74 Å². The lowest BCUT2D eigenvalue weighted by atomic mass is 9.69. The number of hydrogen-bond donors (Lipinski definition) is 0. The molecule has 3 heteroatoms. The van der Waals surface area contributed by atoms with Crippen molar-refractivity contribution in [2.75, 3.05) is 7.11 Å². The molecule has 0 heterocycles. The number of rotatable bonds is 2. The van der Waals surface area contributed by atoms with Gasteiger partial charge in [-0.05, 0) is 54.7 Å². The van der Waals surface area contributed by atoms with Crippen molar-refractivity contribution in [1.82, 2.24) is 0 Å². The molecule has 0 N–H and O–H groups in total. The van der Waals surface area contributed by atoms with Crippen LogP contribution in [0.2, 0.25) is 0 Å². The van der Waals surface area contributed by atoms with E-state index in [2.05, 4.69) is 0 Å². The molecule has 2 bridgehead atoms. The van der Waals surface area contributed by atoms with Crippen LogP contribution >= 0.6 is 0 Å². The Morgan fingerprint density at radius 2 is 1.95 bits per heavy atom. The Kier molecular flexibility index (Phi) is 3.29. The summed E-state index contributed by atoms with van der Waals surface area (Å²) in [6, 6.07) is 6.61. The number of halogens is 1. The highest BCUT2D eigenvalue weighted by atomic mass is 19.1. The normalized spacial score (nSPS) is 33.2. The second-order valence-corrected chi connectivity index (χ2v) is 5.88. The molecule has 0 amide bonds. The average molecular weight is 262 g/mol. The minimum atomic E-state index is -0.225. The summed E-state index contributed by atoms with van der Waals surface area (Å²) in [5.74, 6) is 0.993. The molecule has 0 aliphatic heterocycles. The van der Waals surface area contributed by atoms with Gasteiger partial charge >= 0.3 is 5.97 Å². The van der Waals surface area contributed by atoms with E-state index in [1.54, 1.807) is 0 Å². The first-order valence-corrected chi connectivity index (χ1v) is 7.02.